The fraction of sp³-hybridized carbons (Fsp3) is 0.533. The molecule has 1 amide bonds. The van der Waals surface area contributed by atoms with Crippen molar-refractivity contribution in [3.63, 3.8) is 0 Å². The quantitative estimate of drug-likeness (QED) is 0.885. The lowest BCUT2D eigenvalue weighted by molar-refractivity contribution is -0.117. The summed E-state index contributed by atoms with van der Waals surface area (Å²) in [5, 5.41) is 3.61. The minimum Gasteiger partial charge on any atom is -0.381 e. The Morgan fingerprint density at radius 1 is 1.11 bits per heavy atom. The topological polar surface area (TPSA) is 32.3 Å². The number of hydrogen-bond donors (Lipinski definition) is 1. The first-order valence-corrected chi connectivity index (χ1v) is 7.00. The molecular formula is C15H20N2O. The number of nitrogens with one attached hydrogen (secondary N) is 1. The third-order valence-corrected chi connectivity index (χ3v) is 3.98. The number of benzene rings is 1. The number of anilines is 2. The Labute approximate surface area is 108 Å². The molecule has 1 aromatic rings. The average molecular weight is 244 g/mol. The van der Waals surface area contributed by atoms with Gasteiger partial charge in [-0.1, -0.05) is 25.0 Å². The first-order valence-electron chi connectivity index (χ1n) is 7.00. The summed E-state index contributed by atoms with van der Waals surface area (Å²) in [5.41, 5.74) is 2.19. The second-order valence-electron chi connectivity index (χ2n) is 5.29. The number of rotatable bonds is 3. The van der Waals surface area contributed by atoms with E-state index >= 15 is 0 Å². The van der Waals surface area contributed by atoms with Gasteiger partial charge in [-0.05, 0) is 31.4 Å². The lowest BCUT2D eigenvalue weighted by Crippen LogP contribution is -2.26. The molecule has 18 heavy (non-hydrogen) atoms. The second-order valence-corrected chi connectivity index (χ2v) is 5.29. The molecule has 0 bridgehead atoms. The van der Waals surface area contributed by atoms with Crippen LogP contribution in [0.15, 0.2) is 24.3 Å². The van der Waals surface area contributed by atoms with Crippen LogP contribution in [0.5, 0.6) is 0 Å². The van der Waals surface area contributed by atoms with Gasteiger partial charge in [0, 0.05) is 19.0 Å². The van der Waals surface area contributed by atoms with Crippen LogP contribution in [0.3, 0.4) is 0 Å². The van der Waals surface area contributed by atoms with Gasteiger partial charge in [0.15, 0.2) is 0 Å². The third-order valence-electron chi connectivity index (χ3n) is 3.98. The number of nitrogens with zero attached hydrogens (tertiary/aromatic N) is 1. The van der Waals surface area contributed by atoms with E-state index in [9.17, 15) is 4.79 Å². The summed E-state index contributed by atoms with van der Waals surface area (Å²) in [6.07, 6.45) is 6.82. The van der Waals surface area contributed by atoms with E-state index in [1.165, 1.54) is 25.7 Å². The maximum absolute atomic E-state index is 11.9. The van der Waals surface area contributed by atoms with Crippen LogP contribution in [0.4, 0.5) is 11.4 Å². The minimum absolute atomic E-state index is 0.260. The molecule has 3 rings (SSSR count). The number of carbonyl (C=O) groups is 1. The maximum atomic E-state index is 11.9. The molecule has 3 nitrogen and oxygen atoms in total. The Morgan fingerprint density at radius 2 is 1.89 bits per heavy atom. The van der Waals surface area contributed by atoms with Gasteiger partial charge in [0.05, 0.1) is 11.4 Å². The smallest absolute Gasteiger partial charge is 0.227 e. The molecule has 2 fully saturated rings. The molecule has 1 saturated carbocycles. The first-order chi connectivity index (χ1) is 8.84. The predicted octanol–water partition coefficient (Wildman–Crippen LogP) is 3.17. The maximum Gasteiger partial charge on any atom is 0.227 e. The summed E-state index contributed by atoms with van der Waals surface area (Å²) in [6, 6.07) is 8.80. The molecule has 0 aromatic heterocycles. The number of amides is 1. The molecule has 0 radical (unpaired) electrons. The normalized spacial score (nSPS) is 20.7. The largest absolute Gasteiger partial charge is 0.381 e. The highest BCUT2D eigenvalue weighted by Crippen LogP contribution is 2.32. The fourth-order valence-corrected chi connectivity index (χ4v) is 3.02. The zero-order valence-electron chi connectivity index (χ0n) is 10.7. The van der Waals surface area contributed by atoms with Crippen LogP contribution in [-0.2, 0) is 4.79 Å². The van der Waals surface area contributed by atoms with E-state index in [1.54, 1.807) is 0 Å². The van der Waals surface area contributed by atoms with Crippen molar-refractivity contribution in [1.82, 2.24) is 0 Å². The minimum atomic E-state index is 0.260. The van der Waals surface area contributed by atoms with Crippen molar-refractivity contribution in [2.24, 2.45) is 0 Å². The highest BCUT2D eigenvalue weighted by molar-refractivity contribution is 5.98. The van der Waals surface area contributed by atoms with Crippen molar-refractivity contribution >= 4 is 17.3 Å². The second kappa shape index (κ2) is 5.01. The molecule has 2 aliphatic rings. The van der Waals surface area contributed by atoms with Gasteiger partial charge >= 0.3 is 0 Å². The fourth-order valence-electron chi connectivity index (χ4n) is 3.02. The standard InChI is InChI=1S/C15H20N2O/c18-15-10-5-11-17(15)14-9-4-3-8-13(14)16-12-6-1-2-7-12/h3-4,8-9,12,16H,1-2,5-7,10-11H2. The number of hydrogen-bond acceptors (Lipinski definition) is 2. The zero-order valence-corrected chi connectivity index (χ0v) is 10.7. The van der Waals surface area contributed by atoms with E-state index in [0.29, 0.717) is 12.5 Å². The van der Waals surface area contributed by atoms with Crippen molar-refractivity contribution in [1.29, 1.82) is 0 Å². The van der Waals surface area contributed by atoms with Gasteiger partial charge in [-0.2, -0.15) is 0 Å². The molecule has 0 atom stereocenters. The van der Waals surface area contributed by atoms with Crippen molar-refractivity contribution in [3.8, 4) is 0 Å². The summed E-state index contributed by atoms with van der Waals surface area (Å²) >= 11 is 0. The van der Waals surface area contributed by atoms with Gasteiger partial charge < -0.3 is 10.2 Å². The molecule has 1 aromatic carbocycles. The average Bonchev–Trinajstić information content (AvgIpc) is 3.02. The zero-order chi connectivity index (χ0) is 12.4. The molecule has 0 spiro atoms. The van der Waals surface area contributed by atoms with Crippen molar-refractivity contribution in [2.75, 3.05) is 16.8 Å². The lowest BCUT2D eigenvalue weighted by Gasteiger charge is -2.22. The predicted molar refractivity (Wildman–Crippen MR) is 73.9 cm³/mol. The van der Waals surface area contributed by atoms with E-state index in [4.69, 9.17) is 0 Å². The van der Waals surface area contributed by atoms with Crippen molar-refractivity contribution in [3.05, 3.63) is 24.3 Å². The molecule has 1 saturated heterocycles. The van der Waals surface area contributed by atoms with Crippen LogP contribution >= 0.6 is 0 Å². The highest BCUT2D eigenvalue weighted by atomic mass is 16.2. The highest BCUT2D eigenvalue weighted by Gasteiger charge is 2.24. The molecule has 1 aliphatic carbocycles. The monoisotopic (exact) mass is 244 g/mol. The van der Waals surface area contributed by atoms with Crippen LogP contribution in [0.1, 0.15) is 38.5 Å². The lowest BCUT2D eigenvalue weighted by atomic mass is 10.2. The Kier molecular flexibility index (Phi) is 3.22. The number of para-hydroxylation sites is 2. The Hall–Kier alpha value is -1.51. The van der Waals surface area contributed by atoms with Gasteiger partial charge in [-0.25, -0.2) is 0 Å². The van der Waals surface area contributed by atoms with Gasteiger partial charge in [0.25, 0.3) is 0 Å². The molecule has 1 aliphatic heterocycles. The van der Waals surface area contributed by atoms with E-state index in [0.717, 1.165) is 24.3 Å². The summed E-state index contributed by atoms with van der Waals surface area (Å²) in [5.74, 6) is 0.260. The molecule has 1 N–H and O–H groups in total. The molecular weight excluding hydrogens is 224 g/mol. The van der Waals surface area contributed by atoms with Gasteiger partial charge in [0.2, 0.25) is 5.91 Å². The Morgan fingerprint density at radius 3 is 2.61 bits per heavy atom. The summed E-state index contributed by atoms with van der Waals surface area (Å²) in [7, 11) is 0. The summed E-state index contributed by atoms with van der Waals surface area (Å²) in [6.45, 7) is 0.863. The SMILES string of the molecule is O=C1CCCN1c1ccccc1NC1CCCC1. The Balaban J connectivity index is 1.82. The van der Waals surface area contributed by atoms with Crippen LogP contribution in [0, 0.1) is 0 Å². The molecule has 0 unspecified atom stereocenters. The molecule has 1 heterocycles. The third kappa shape index (κ3) is 2.22. The van der Waals surface area contributed by atoms with Crippen LogP contribution in [0.2, 0.25) is 0 Å². The van der Waals surface area contributed by atoms with E-state index in [2.05, 4.69) is 17.4 Å². The van der Waals surface area contributed by atoms with Crippen LogP contribution < -0.4 is 10.2 Å². The van der Waals surface area contributed by atoms with Gasteiger partial charge in [-0.3, -0.25) is 4.79 Å². The molecule has 96 valence electrons. The number of carbonyl (C=O) groups excluding carboxylic acids is 1. The van der Waals surface area contributed by atoms with E-state index in [-0.39, 0.29) is 5.91 Å². The van der Waals surface area contributed by atoms with Gasteiger partial charge in [0.1, 0.15) is 0 Å². The van der Waals surface area contributed by atoms with Crippen molar-refractivity contribution in [2.45, 2.75) is 44.6 Å². The van der Waals surface area contributed by atoms with E-state index < -0.39 is 0 Å². The summed E-state index contributed by atoms with van der Waals surface area (Å²) in [4.78, 5) is 13.8. The van der Waals surface area contributed by atoms with Crippen molar-refractivity contribution < 1.29 is 4.79 Å². The van der Waals surface area contributed by atoms with Gasteiger partial charge in [-0.15, -0.1) is 0 Å². The molecule has 3 heteroatoms. The van der Waals surface area contributed by atoms with Crippen LogP contribution in [0.25, 0.3) is 0 Å². The van der Waals surface area contributed by atoms with Crippen LogP contribution in [-0.4, -0.2) is 18.5 Å². The first kappa shape index (κ1) is 11.6. The van der Waals surface area contributed by atoms with E-state index in [1.807, 2.05) is 17.0 Å². The summed E-state index contributed by atoms with van der Waals surface area (Å²) < 4.78 is 0. The Bertz CT molecular complexity index is 438.